The predicted molar refractivity (Wildman–Crippen MR) is 118 cm³/mol. The third-order valence-electron chi connectivity index (χ3n) is 4.47. The number of nitrogens with one attached hydrogen (secondary N) is 1. The number of hydrogen-bond acceptors (Lipinski definition) is 5. The van der Waals surface area contributed by atoms with E-state index >= 15 is 0 Å². The molecule has 0 saturated heterocycles. The Morgan fingerprint density at radius 1 is 1.10 bits per heavy atom. The van der Waals surface area contributed by atoms with Crippen molar-refractivity contribution in [1.82, 2.24) is 14.9 Å². The highest BCUT2D eigenvalue weighted by Crippen LogP contribution is 2.28. The summed E-state index contributed by atoms with van der Waals surface area (Å²) in [6, 6.07) is 19.8. The number of rotatable bonds is 6. The lowest BCUT2D eigenvalue weighted by molar-refractivity contribution is 0.341. The van der Waals surface area contributed by atoms with E-state index in [9.17, 15) is 0 Å². The van der Waals surface area contributed by atoms with Crippen LogP contribution < -0.4 is 9.47 Å². The SMILES string of the molecule is CCOc1ccccc1-c1n[nH]c(=S)n1/N=C\c1ccc2cc(OC)ccc2c1. The lowest BCUT2D eigenvalue weighted by Crippen LogP contribution is -1.99. The number of nitrogens with zero attached hydrogens (tertiary/aromatic N) is 3. The standard InChI is InChI=1S/C22H20N4O2S/c1-3-28-20-7-5-4-6-19(20)21-24-25-22(29)26(21)23-14-15-8-9-17-13-18(27-2)11-10-16(17)12-15/h4-14H,3H2,1-2H3,(H,25,29)/b23-14-. The van der Waals surface area contributed by atoms with Crippen molar-refractivity contribution in [2.45, 2.75) is 6.92 Å². The average Bonchev–Trinajstić information content (AvgIpc) is 3.12. The molecule has 0 saturated carbocycles. The second-order valence-electron chi connectivity index (χ2n) is 6.31. The zero-order chi connectivity index (χ0) is 20.2. The molecular weight excluding hydrogens is 384 g/mol. The minimum absolute atomic E-state index is 0.410. The summed E-state index contributed by atoms with van der Waals surface area (Å²) in [5.41, 5.74) is 1.78. The molecule has 0 fully saturated rings. The average molecular weight is 404 g/mol. The molecule has 146 valence electrons. The van der Waals surface area contributed by atoms with Gasteiger partial charge in [-0.25, -0.2) is 5.10 Å². The Bertz CT molecular complexity index is 1240. The van der Waals surface area contributed by atoms with Crippen molar-refractivity contribution >= 4 is 29.2 Å². The summed E-state index contributed by atoms with van der Waals surface area (Å²) in [4.78, 5) is 0. The van der Waals surface area contributed by atoms with Crippen molar-refractivity contribution < 1.29 is 9.47 Å². The Morgan fingerprint density at radius 2 is 1.90 bits per heavy atom. The smallest absolute Gasteiger partial charge is 0.216 e. The molecule has 0 bridgehead atoms. The number of ether oxygens (including phenoxy) is 2. The van der Waals surface area contributed by atoms with Gasteiger partial charge < -0.3 is 9.47 Å². The van der Waals surface area contributed by atoms with E-state index in [1.54, 1.807) is 18.0 Å². The molecule has 0 aliphatic heterocycles. The van der Waals surface area contributed by atoms with Crippen LogP contribution in [-0.4, -0.2) is 34.8 Å². The molecule has 29 heavy (non-hydrogen) atoms. The Morgan fingerprint density at radius 3 is 2.72 bits per heavy atom. The van der Waals surface area contributed by atoms with Crippen LogP contribution in [0, 0.1) is 4.77 Å². The van der Waals surface area contributed by atoms with Gasteiger partial charge >= 0.3 is 0 Å². The number of benzene rings is 3. The van der Waals surface area contributed by atoms with Crippen LogP contribution in [0.2, 0.25) is 0 Å². The molecule has 6 nitrogen and oxygen atoms in total. The van der Waals surface area contributed by atoms with Crippen LogP contribution >= 0.6 is 12.2 Å². The molecule has 0 unspecified atom stereocenters. The molecule has 3 aromatic carbocycles. The van der Waals surface area contributed by atoms with Crippen molar-refractivity contribution in [2.75, 3.05) is 13.7 Å². The number of aromatic amines is 1. The first-order valence-corrected chi connectivity index (χ1v) is 9.62. The van der Waals surface area contributed by atoms with Gasteiger partial charge in [-0.15, -0.1) is 0 Å². The fourth-order valence-electron chi connectivity index (χ4n) is 3.08. The van der Waals surface area contributed by atoms with Crippen molar-refractivity contribution in [3.63, 3.8) is 0 Å². The van der Waals surface area contributed by atoms with Crippen molar-refractivity contribution in [3.05, 3.63) is 71.0 Å². The van der Waals surface area contributed by atoms with Crippen molar-refractivity contribution in [3.8, 4) is 22.9 Å². The summed E-state index contributed by atoms with van der Waals surface area (Å²) >= 11 is 5.38. The van der Waals surface area contributed by atoms with E-state index in [1.165, 1.54) is 0 Å². The fourth-order valence-corrected chi connectivity index (χ4v) is 3.26. The molecule has 1 heterocycles. The Kier molecular flexibility index (Phi) is 5.39. The highest BCUT2D eigenvalue weighted by molar-refractivity contribution is 7.71. The van der Waals surface area contributed by atoms with Gasteiger partial charge in [-0.2, -0.15) is 14.9 Å². The van der Waals surface area contributed by atoms with E-state index in [4.69, 9.17) is 21.7 Å². The molecule has 0 aliphatic rings. The normalized spacial score (nSPS) is 11.2. The maximum absolute atomic E-state index is 5.72. The van der Waals surface area contributed by atoms with Crippen LogP contribution in [0.3, 0.4) is 0 Å². The van der Waals surface area contributed by atoms with E-state index in [0.717, 1.165) is 33.4 Å². The van der Waals surface area contributed by atoms with Crippen LogP contribution in [0.15, 0.2) is 65.8 Å². The van der Waals surface area contributed by atoms with E-state index in [2.05, 4.69) is 21.4 Å². The van der Waals surface area contributed by atoms with Crippen LogP contribution in [0.4, 0.5) is 0 Å². The monoisotopic (exact) mass is 404 g/mol. The lowest BCUT2D eigenvalue weighted by atomic mass is 10.1. The van der Waals surface area contributed by atoms with Gasteiger partial charge in [0, 0.05) is 0 Å². The van der Waals surface area contributed by atoms with Gasteiger partial charge in [0.15, 0.2) is 5.82 Å². The molecule has 1 aromatic heterocycles. The second kappa shape index (κ2) is 8.28. The highest BCUT2D eigenvalue weighted by atomic mass is 32.1. The number of hydrogen-bond donors (Lipinski definition) is 1. The first-order chi connectivity index (χ1) is 14.2. The molecule has 0 aliphatic carbocycles. The van der Waals surface area contributed by atoms with Gasteiger partial charge in [-0.3, -0.25) is 0 Å². The quantitative estimate of drug-likeness (QED) is 0.361. The molecule has 0 atom stereocenters. The number of methoxy groups -OCH3 is 1. The molecule has 0 amide bonds. The molecule has 7 heteroatoms. The largest absolute Gasteiger partial charge is 0.497 e. The van der Waals surface area contributed by atoms with Crippen LogP contribution in [0.25, 0.3) is 22.2 Å². The van der Waals surface area contributed by atoms with Crippen LogP contribution in [-0.2, 0) is 0 Å². The van der Waals surface area contributed by atoms with Gasteiger partial charge in [-0.05, 0) is 65.8 Å². The second-order valence-corrected chi connectivity index (χ2v) is 6.70. The fraction of sp³-hybridized carbons (Fsp3) is 0.136. The van der Waals surface area contributed by atoms with Crippen molar-refractivity contribution in [2.24, 2.45) is 5.10 Å². The molecule has 0 radical (unpaired) electrons. The molecule has 4 rings (SSSR count). The maximum atomic E-state index is 5.72. The van der Waals surface area contributed by atoms with E-state index in [0.29, 0.717) is 17.2 Å². The van der Waals surface area contributed by atoms with Crippen LogP contribution in [0.5, 0.6) is 11.5 Å². The summed E-state index contributed by atoms with van der Waals surface area (Å²) < 4.78 is 13.0. The summed E-state index contributed by atoms with van der Waals surface area (Å²) in [5.74, 6) is 2.17. The number of aromatic nitrogens is 3. The molecule has 0 spiro atoms. The van der Waals surface area contributed by atoms with Gasteiger partial charge in [0.25, 0.3) is 0 Å². The van der Waals surface area contributed by atoms with E-state index in [-0.39, 0.29) is 0 Å². The number of H-pyrrole nitrogens is 1. The Labute approximate surface area is 173 Å². The highest BCUT2D eigenvalue weighted by Gasteiger charge is 2.13. The first-order valence-electron chi connectivity index (χ1n) is 9.21. The number of para-hydroxylation sites is 1. The van der Waals surface area contributed by atoms with Gasteiger partial charge in [0.05, 0.1) is 25.5 Å². The predicted octanol–water partition coefficient (Wildman–Crippen LogP) is 5.05. The molecule has 4 aromatic rings. The third-order valence-corrected chi connectivity index (χ3v) is 4.74. The zero-order valence-corrected chi connectivity index (χ0v) is 16.9. The lowest BCUT2D eigenvalue weighted by Gasteiger charge is -2.08. The molecular formula is C22H20N4O2S. The minimum atomic E-state index is 0.410. The minimum Gasteiger partial charge on any atom is -0.497 e. The van der Waals surface area contributed by atoms with Gasteiger partial charge in [0.2, 0.25) is 4.77 Å². The maximum Gasteiger partial charge on any atom is 0.216 e. The van der Waals surface area contributed by atoms with Crippen molar-refractivity contribution in [1.29, 1.82) is 0 Å². The first kappa shape index (κ1) is 18.9. The van der Waals surface area contributed by atoms with E-state index < -0.39 is 0 Å². The third kappa shape index (κ3) is 3.90. The zero-order valence-electron chi connectivity index (χ0n) is 16.1. The van der Waals surface area contributed by atoms with Gasteiger partial charge in [0.1, 0.15) is 11.5 Å². The molecule has 1 N–H and O–H groups in total. The summed E-state index contributed by atoms with van der Waals surface area (Å²) in [5, 5.41) is 13.9. The van der Waals surface area contributed by atoms with E-state index in [1.807, 2.05) is 61.5 Å². The summed E-state index contributed by atoms with van der Waals surface area (Å²) in [7, 11) is 1.66. The summed E-state index contributed by atoms with van der Waals surface area (Å²) in [6.45, 7) is 2.51. The number of fused-ring (bicyclic) bond motifs is 1. The topological polar surface area (TPSA) is 64.4 Å². The Hall–Kier alpha value is -3.45. The van der Waals surface area contributed by atoms with Crippen LogP contribution in [0.1, 0.15) is 12.5 Å². The van der Waals surface area contributed by atoms with Gasteiger partial charge in [-0.1, -0.05) is 30.3 Å². The Balaban J connectivity index is 1.70. The summed E-state index contributed by atoms with van der Waals surface area (Å²) in [6.07, 6.45) is 1.77.